The number of carbonyl (C=O) groups is 1. The molecule has 1 amide bonds. The van der Waals surface area contributed by atoms with Crippen LogP contribution in [0.15, 0.2) is 53.4 Å². The lowest BCUT2D eigenvalue weighted by Crippen LogP contribution is -2.49. The van der Waals surface area contributed by atoms with E-state index in [9.17, 15) is 13.2 Å². The number of methoxy groups -OCH3 is 1. The van der Waals surface area contributed by atoms with E-state index in [-0.39, 0.29) is 22.9 Å². The second-order valence-electron chi connectivity index (χ2n) is 4.83. The number of carbonyl (C=O) groups excluding carboxylic acids is 1. The van der Waals surface area contributed by atoms with Crippen molar-refractivity contribution in [3.8, 4) is 5.75 Å². The first-order valence-electron chi connectivity index (χ1n) is 6.57. The van der Waals surface area contributed by atoms with Gasteiger partial charge >= 0.3 is 0 Å². The maximum absolute atomic E-state index is 12.4. The summed E-state index contributed by atoms with van der Waals surface area (Å²) in [6, 6.07) is 13.3. The number of nitrogens with one attached hydrogen (secondary N) is 1. The third-order valence-corrected chi connectivity index (χ3v) is 4.75. The fraction of sp³-hybridized carbons (Fsp3) is 0.133. The fourth-order valence-corrected chi connectivity index (χ4v) is 3.55. The zero-order chi connectivity index (χ0) is 15.7. The van der Waals surface area contributed by atoms with E-state index < -0.39 is 10.0 Å². The quantitative estimate of drug-likeness (QED) is 0.931. The van der Waals surface area contributed by atoms with Crippen LogP contribution in [-0.2, 0) is 16.6 Å². The van der Waals surface area contributed by atoms with Crippen molar-refractivity contribution in [2.45, 2.75) is 11.4 Å². The Morgan fingerprint density at radius 3 is 2.68 bits per heavy atom. The van der Waals surface area contributed by atoms with Gasteiger partial charge < -0.3 is 4.74 Å². The number of ether oxygens (including phenoxy) is 1. The Bertz CT molecular complexity index is 833. The van der Waals surface area contributed by atoms with Crippen LogP contribution in [-0.4, -0.2) is 26.4 Å². The average molecular weight is 318 g/mol. The van der Waals surface area contributed by atoms with Gasteiger partial charge in [-0.3, -0.25) is 9.80 Å². The van der Waals surface area contributed by atoms with E-state index in [0.717, 1.165) is 10.6 Å². The van der Waals surface area contributed by atoms with Gasteiger partial charge in [0.25, 0.3) is 15.9 Å². The Morgan fingerprint density at radius 2 is 1.91 bits per heavy atom. The molecule has 0 atom stereocenters. The van der Waals surface area contributed by atoms with Crippen LogP contribution in [0.5, 0.6) is 5.75 Å². The van der Waals surface area contributed by atoms with Gasteiger partial charge in [-0.2, -0.15) is 0 Å². The van der Waals surface area contributed by atoms with Gasteiger partial charge in [-0.15, -0.1) is 4.83 Å². The number of nitrogens with zero attached hydrogens (tertiary/aromatic N) is 1. The van der Waals surface area contributed by atoms with Gasteiger partial charge in [0.15, 0.2) is 0 Å². The maximum atomic E-state index is 12.4. The van der Waals surface area contributed by atoms with Gasteiger partial charge in [0, 0.05) is 0 Å². The molecule has 1 aliphatic rings. The molecule has 0 aromatic heterocycles. The van der Waals surface area contributed by atoms with Crippen LogP contribution in [0.2, 0.25) is 0 Å². The van der Waals surface area contributed by atoms with E-state index in [4.69, 9.17) is 4.74 Å². The van der Waals surface area contributed by atoms with Crippen LogP contribution >= 0.6 is 0 Å². The lowest BCUT2D eigenvalue weighted by molar-refractivity contribution is 0.0687. The van der Waals surface area contributed by atoms with Gasteiger partial charge in [0.2, 0.25) is 0 Å². The van der Waals surface area contributed by atoms with Crippen LogP contribution in [0, 0.1) is 0 Å². The molecule has 114 valence electrons. The van der Waals surface area contributed by atoms with Crippen molar-refractivity contribution in [2.75, 3.05) is 7.11 Å². The van der Waals surface area contributed by atoms with Gasteiger partial charge in [0.1, 0.15) is 5.75 Å². The third-order valence-electron chi connectivity index (χ3n) is 3.36. The summed E-state index contributed by atoms with van der Waals surface area (Å²) in [7, 11) is -2.19. The van der Waals surface area contributed by atoms with Crippen LogP contribution in [0.25, 0.3) is 0 Å². The van der Waals surface area contributed by atoms with Crippen LogP contribution in [0.3, 0.4) is 0 Å². The molecule has 0 aliphatic carbocycles. The number of rotatable bonds is 3. The summed E-state index contributed by atoms with van der Waals surface area (Å²) in [6.07, 6.45) is 0. The van der Waals surface area contributed by atoms with Crippen LogP contribution in [0.4, 0.5) is 0 Å². The monoisotopic (exact) mass is 318 g/mol. The minimum Gasteiger partial charge on any atom is -0.497 e. The van der Waals surface area contributed by atoms with Crippen molar-refractivity contribution in [3.05, 3.63) is 59.7 Å². The minimum absolute atomic E-state index is 0.00175. The summed E-state index contributed by atoms with van der Waals surface area (Å²) in [5.74, 6) is 0.262. The van der Waals surface area contributed by atoms with E-state index >= 15 is 0 Å². The Hall–Kier alpha value is -2.38. The molecule has 0 spiro atoms. The molecular weight excluding hydrogens is 304 g/mol. The number of fused-ring (bicyclic) bond motifs is 1. The van der Waals surface area contributed by atoms with E-state index in [1.54, 1.807) is 43.5 Å². The smallest absolute Gasteiger partial charge is 0.270 e. The van der Waals surface area contributed by atoms with Gasteiger partial charge in [-0.1, -0.05) is 24.3 Å². The highest BCUT2D eigenvalue weighted by Crippen LogP contribution is 2.23. The highest BCUT2D eigenvalue weighted by atomic mass is 32.2. The number of sulfonamides is 1. The molecule has 0 saturated carbocycles. The summed E-state index contributed by atoms with van der Waals surface area (Å²) in [5, 5.41) is 1.09. The molecule has 1 aliphatic heterocycles. The molecule has 1 N–H and O–H groups in total. The second kappa shape index (κ2) is 5.43. The molecule has 0 fully saturated rings. The first kappa shape index (κ1) is 14.6. The normalized spacial score (nSPS) is 16.2. The molecule has 3 rings (SSSR count). The van der Waals surface area contributed by atoms with Crippen molar-refractivity contribution in [3.63, 3.8) is 0 Å². The number of hydrogen-bond donors (Lipinski definition) is 1. The first-order valence-corrected chi connectivity index (χ1v) is 8.06. The Balaban J connectivity index is 1.95. The van der Waals surface area contributed by atoms with Crippen molar-refractivity contribution >= 4 is 15.9 Å². The SMILES string of the molecule is COc1cccc(CN2NS(=O)(=O)c3ccccc3C2=O)c1. The molecule has 22 heavy (non-hydrogen) atoms. The van der Waals surface area contributed by atoms with Crippen LogP contribution < -0.4 is 9.57 Å². The average Bonchev–Trinajstić information content (AvgIpc) is 2.52. The molecule has 2 aromatic carbocycles. The lowest BCUT2D eigenvalue weighted by atomic mass is 10.1. The summed E-state index contributed by atoms with van der Waals surface area (Å²) < 4.78 is 29.6. The van der Waals surface area contributed by atoms with E-state index in [0.29, 0.717) is 5.75 Å². The van der Waals surface area contributed by atoms with Crippen molar-refractivity contribution in [1.29, 1.82) is 0 Å². The molecule has 6 nitrogen and oxygen atoms in total. The summed E-state index contributed by atoms with van der Waals surface area (Å²) in [4.78, 5) is 14.7. The number of hydrogen-bond acceptors (Lipinski definition) is 4. The number of hydrazine groups is 1. The highest BCUT2D eigenvalue weighted by Gasteiger charge is 2.33. The van der Waals surface area contributed by atoms with E-state index in [1.807, 2.05) is 0 Å². The largest absolute Gasteiger partial charge is 0.497 e. The molecule has 0 unspecified atom stereocenters. The second-order valence-corrected chi connectivity index (χ2v) is 6.46. The summed E-state index contributed by atoms with van der Waals surface area (Å²) in [6.45, 7) is 0.115. The zero-order valence-corrected chi connectivity index (χ0v) is 12.6. The molecule has 0 bridgehead atoms. The predicted molar refractivity (Wildman–Crippen MR) is 79.6 cm³/mol. The molecule has 7 heteroatoms. The topological polar surface area (TPSA) is 75.7 Å². The molecule has 0 radical (unpaired) electrons. The number of benzene rings is 2. The predicted octanol–water partition coefficient (Wildman–Crippen LogP) is 1.54. The number of amides is 1. The highest BCUT2D eigenvalue weighted by molar-refractivity contribution is 7.89. The molecule has 1 heterocycles. The van der Waals surface area contributed by atoms with Crippen LogP contribution in [0.1, 0.15) is 15.9 Å². The van der Waals surface area contributed by atoms with Gasteiger partial charge in [-0.25, -0.2) is 8.42 Å². The Morgan fingerprint density at radius 1 is 1.14 bits per heavy atom. The minimum atomic E-state index is -3.74. The fourth-order valence-electron chi connectivity index (χ4n) is 2.32. The van der Waals surface area contributed by atoms with E-state index in [1.165, 1.54) is 12.1 Å². The standard InChI is InChI=1S/C15H14N2O4S/c1-21-12-6-4-5-11(9-12)10-17-15(18)13-7-2-3-8-14(13)22(19,20)16-17/h2-9,16H,10H2,1H3. The summed E-state index contributed by atoms with van der Waals surface area (Å²) in [5.41, 5.74) is 0.930. The molecule has 0 saturated heterocycles. The molecule has 2 aromatic rings. The summed E-state index contributed by atoms with van der Waals surface area (Å²) >= 11 is 0. The maximum Gasteiger partial charge on any atom is 0.270 e. The van der Waals surface area contributed by atoms with Gasteiger partial charge in [0.05, 0.1) is 24.1 Å². The Kier molecular flexibility index (Phi) is 3.59. The Labute approximate surface area is 128 Å². The van der Waals surface area contributed by atoms with Crippen molar-refractivity contribution in [1.82, 2.24) is 9.84 Å². The first-order chi connectivity index (χ1) is 10.5. The van der Waals surface area contributed by atoms with Crippen molar-refractivity contribution < 1.29 is 17.9 Å². The lowest BCUT2D eigenvalue weighted by Gasteiger charge is -2.28. The molecular formula is C15H14N2O4S. The van der Waals surface area contributed by atoms with E-state index in [2.05, 4.69) is 4.83 Å². The third kappa shape index (κ3) is 2.56. The zero-order valence-electron chi connectivity index (χ0n) is 11.8. The van der Waals surface area contributed by atoms with Gasteiger partial charge in [-0.05, 0) is 29.8 Å². The van der Waals surface area contributed by atoms with Crippen molar-refractivity contribution in [2.24, 2.45) is 0 Å².